The topological polar surface area (TPSA) is 67.9 Å². The summed E-state index contributed by atoms with van der Waals surface area (Å²) in [7, 11) is 1.13. The lowest BCUT2D eigenvalue weighted by molar-refractivity contribution is 0.296. The summed E-state index contributed by atoms with van der Waals surface area (Å²) in [5, 5.41) is 3.25. The number of benzene rings is 1. The molecule has 0 aliphatic carbocycles. The predicted octanol–water partition coefficient (Wildman–Crippen LogP) is 1.81. The van der Waals surface area contributed by atoms with Crippen molar-refractivity contribution in [3.8, 4) is 11.5 Å². The van der Waals surface area contributed by atoms with Crippen molar-refractivity contribution in [1.82, 2.24) is 9.62 Å². The molecular weight excluding hydrogens is 340 g/mol. The van der Waals surface area contributed by atoms with E-state index in [2.05, 4.69) is 5.32 Å². The summed E-state index contributed by atoms with van der Waals surface area (Å²) in [6.45, 7) is 3.45. The van der Waals surface area contributed by atoms with Gasteiger partial charge in [-0.05, 0) is 44.5 Å². The van der Waals surface area contributed by atoms with Crippen LogP contribution in [0.15, 0.2) is 17.0 Å². The van der Waals surface area contributed by atoms with Crippen LogP contribution in [0.2, 0.25) is 0 Å². The van der Waals surface area contributed by atoms with Gasteiger partial charge in [0.2, 0.25) is 10.0 Å². The van der Waals surface area contributed by atoms with Crippen molar-refractivity contribution in [1.29, 1.82) is 0 Å². The number of hydrogen-bond acceptors (Lipinski definition) is 5. The molecule has 23 heavy (non-hydrogen) atoms. The van der Waals surface area contributed by atoms with Crippen molar-refractivity contribution in [3.63, 3.8) is 0 Å². The molecule has 132 valence electrons. The number of sulfonamides is 1. The highest BCUT2D eigenvalue weighted by molar-refractivity contribution is 7.89. The monoisotopic (exact) mass is 364 g/mol. The highest BCUT2D eigenvalue weighted by atomic mass is 35.5. The second kappa shape index (κ2) is 8.19. The van der Waals surface area contributed by atoms with E-state index in [4.69, 9.17) is 9.47 Å². The maximum absolute atomic E-state index is 12.9. The number of hydrogen-bond donors (Lipinski definition) is 1. The summed E-state index contributed by atoms with van der Waals surface area (Å²) in [4.78, 5) is 0.270. The standard InChI is InChI=1S/C15H24N2O4S.ClH/c1-11-9-13(20-3)14(21-4)10-15(11)22(18,19)17(2)12-5-7-16-8-6-12;/h9-10,12,16H,5-8H2,1-4H3;1H. The van der Waals surface area contributed by atoms with Crippen molar-refractivity contribution in [2.24, 2.45) is 0 Å². The molecule has 1 aromatic carbocycles. The lowest BCUT2D eigenvalue weighted by atomic mass is 10.1. The van der Waals surface area contributed by atoms with Gasteiger partial charge in [-0.3, -0.25) is 0 Å². The third kappa shape index (κ3) is 4.09. The second-order valence-electron chi connectivity index (χ2n) is 5.48. The summed E-state index contributed by atoms with van der Waals surface area (Å²) in [5.41, 5.74) is 0.651. The van der Waals surface area contributed by atoms with Crippen LogP contribution in [0.1, 0.15) is 18.4 Å². The maximum atomic E-state index is 12.9. The van der Waals surface area contributed by atoms with Crippen LogP contribution >= 0.6 is 12.4 Å². The van der Waals surface area contributed by atoms with Gasteiger partial charge in [0, 0.05) is 19.2 Å². The van der Waals surface area contributed by atoms with Gasteiger partial charge in [-0.1, -0.05) is 0 Å². The summed E-state index contributed by atoms with van der Waals surface area (Å²) in [5.74, 6) is 0.953. The van der Waals surface area contributed by atoms with Crippen molar-refractivity contribution >= 4 is 22.4 Å². The summed E-state index contributed by atoms with van der Waals surface area (Å²) < 4.78 is 37.8. The van der Waals surface area contributed by atoms with E-state index >= 15 is 0 Å². The second-order valence-corrected chi connectivity index (χ2v) is 7.44. The Bertz CT molecular complexity index is 631. The smallest absolute Gasteiger partial charge is 0.243 e. The number of halogens is 1. The zero-order valence-electron chi connectivity index (χ0n) is 14.0. The molecule has 1 N–H and O–H groups in total. The Balaban J connectivity index is 0.00000264. The number of piperidine rings is 1. The SMILES string of the molecule is COc1cc(C)c(S(=O)(=O)N(C)C2CCNCC2)cc1OC.Cl. The fraction of sp³-hybridized carbons (Fsp3) is 0.600. The summed E-state index contributed by atoms with van der Waals surface area (Å²) in [6, 6.07) is 3.27. The fourth-order valence-corrected chi connectivity index (χ4v) is 4.40. The zero-order valence-corrected chi connectivity index (χ0v) is 15.6. The minimum absolute atomic E-state index is 0. The Kier molecular flexibility index (Phi) is 7.13. The van der Waals surface area contributed by atoms with Crippen LogP contribution in [0.5, 0.6) is 11.5 Å². The molecule has 0 atom stereocenters. The maximum Gasteiger partial charge on any atom is 0.243 e. The van der Waals surface area contributed by atoms with Crippen molar-refractivity contribution in [3.05, 3.63) is 17.7 Å². The van der Waals surface area contributed by atoms with Crippen molar-refractivity contribution < 1.29 is 17.9 Å². The van der Waals surface area contributed by atoms with E-state index in [1.165, 1.54) is 18.5 Å². The molecule has 0 radical (unpaired) electrons. The molecule has 8 heteroatoms. The number of rotatable bonds is 5. The molecule has 0 bridgehead atoms. The van der Waals surface area contributed by atoms with E-state index in [1.807, 2.05) is 0 Å². The molecule has 1 heterocycles. The molecule has 0 unspecified atom stereocenters. The average molecular weight is 365 g/mol. The zero-order chi connectivity index (χ0) is 16.3. The Labute approximate surface area is 144 Å². The van der Waals surface area contributed by atoms with E-state index in [1.54, 1.807) is 26.1 Å². The lowest BCUT2D eigenvalue weighted by Gasteiger charge is -2.31. The molecule has 0 saturated carbocycles. The number of nitrogens with one attached hydrogen (secondary N) is 1. The van der Waals surface area contributed by atoms with Gasteiger partial charge >= 0.3 is 0 Å². The van der Waals surface area contributed by atoms with E-state index < -0.39 is 10.0 Å². The number of methoxy groups -OCH3 is 2. The Morgan fingerprint density at radius 1 is 1.13 bits per heavy atom. The van der Waals surface area contributed by atoms with E-state index in [9.17, 15) is 8.42 Å². The molecular formula is C15H25ClN2O4S. The molecule has 1 aliphatic rings. The summed E-state index contributed by atoms with van der Waals surface area (Å²) >= 11 is 0. The lowest BCUT2D eigenvalue weighted by Crippen LogP contribution is -2.44. The van der Waals surface area contributed by atoms with Crippen LogP contribution in [-0.4, -0.2) is 53.1 Å². The number of aryl methyl sites for hydroxylation is 1. The molecule has 6 nitrogen and oxygen atoms in total. The van der Waals surface area contributed by atoms with Crippen LogP contribution in [0.4, 0.5) is 0 Å². The molecule has 0 aromatic heterocycles. The first kappa shape index (κ1) is 20.0. The van der Waals surface area contributed by atoms with Gasteiger partial charge in [0.05, 0.1) is 19.1 Å². The molecule has 0 amide bonds. The molecule has 1 aliphatic heterocycles. The average Bonchev–Trinajstić information content (AvgIpc) is 2.54. The van der Waals surface area contributed by atoms with Crippen LogP contribution in [0, 0.1) is 6.92 Å². The highest BCUT2D eigenvalue weighted by Gasteiger charge is 2.31. The minimum Gasteiger partial charge on any atom is -0.493 e. The van der Waals surface area contributed by atoms with Crippen molar-refractivity contribution in [2.45, 2.75) is 30.7 Å². The number of nitrogens with zero attached hydrogens (tertiary/aromatic N) is 1. The molecule has 1 aromatic rings. The first-order chi connectivity index (χ1) is 10.4. The first-order valence-corrected chi connectivity index (χ1v) is 8.77. The minimum atomic E-state index is -3.56. The van der Waals surface area contributed by atoms with Crippen LogP contribution in [0.25, 0.3) is 0 Å². The van der Waals surface area contributed by atoms with E-state index in [-0.39, 0.29) is 23.3 Å². The normalized spacial score (nSPS) is 16.0. The van der Waals surface area contributed by atoms with Crippen LogP contribution in [0.3, 0.4) is 0 Å². The molecule has 1 fully saturated rings. The van der Waals surface area contributed by atoms with Gasteiger partial charge in [-0.2, -0.15) is 4.31 Å². The largest absolute Gasteiger partial charge is 0.493 e. The Morgan fingerprint density at radius 3 is 2.17 bits per heavy atom. The quantitative estimate of drug-likeness (QED) is 0.863. The van der Waals surface area contributed by atoms with Crippen molar-refractivity contribution in [2.75, 3.05) is 34.4 Å². The molecule has 1 saturated heterocycles. The van der Waals surface area contributed by atoms with Gasteiger partial charge in [-0.25, -0.2) is 8.42 Å². The molecule has 0 spiro atoms. The fourth-order valence-electron chi connectivity index (χ4n) is 2.76. The van der Waals surface area contributed by atoms with Gasteiger partial charge in [-0.15, -0.1) is 12.4 Å². The van der Waals surface area contributed by atoms with Crippen LogP contribution in [-0.2, 0) is 10.0 Å². The van der Waals surface area contributed by atoms with Gasteiger partial charge in [0.1, 0.15) is 0 Å². The van der Waals surface area contributed by atoms with Gasteiger partial charge in [0.15, 0.2) is 11.5 Å². The van der Waals surface area contributed by atoms with Crippen LogP contribution < -0.4 is 14.8 Å². The Morgan fingerprint density at radius 2 is 1.65 bits per heavy atom. The first-order valence-electron chi connectivity index (χ1n) is 7.33. The predicted molar refractivity (Wildman–Crippen MR) is 92.4 cm³/mol. The Hall–Kier alpha value is -1.02. The van der Waals surface area contributed by atoms with E-state index in [0.717, 1.165) is 25.9 Å². The van der Waals surface area contributed by atoms with Gasteiger partial charge < -0.3 is 14.8 Å². The third-order valence-electron chi connectivity index (χ3n) is 4.16. The van der Waals surface area contributed by atoms with Gasteiger partial charge in [0.25, 0.3) is 0 Å². The number of ether oxygens (including phenoxy) is 2. The van der Waals surface area contributed by atoms with E-state index in [0.29, 0.717) is 17.1 Å². The molecule has 2 rings (SSSR count). The third-order valence-corrected chi connectivity index (χ3v) is 6.21. The highest BCUT2D eigenvalue weighted by Crippen LogP contribution is 2.34. The summed E-state index contributed by atoms with van der Waals surface area (Å²) in [6.07, 6.45) is 1.64.